The molecule has 0 bridgehead atoms. The van der Waals surface area contributed by atoms with Gasteiger partial charge in [-0.3, -0.25) is 0 Å². The average molecular weight is 240 g/mol. The first kappa shape index (κ1) is 12.3. The zero-order valence-electron chi connectivity index (χ0n) is 10.3. The van der Waals surface area contributed by atoms with E-state index in [0.29, 0.717) is 12.4 Å². The normalized spacial score (nSPS) is 10.8. The van der Waals surface area contributed by atoms with Gasteiger partial charge in [-0.25, -0.2) is 4.98 Å². The molecular weight excluding hydrogens is 224 g/mol. The Labute approximate surface area is 107 Å². The SMILES string of the molecule is CC=Cc1ccccc1Oc1ncccc1CN. The summed E-state index contributed by atoms with van der Waals surface area (Å²) >= 11 is 0. The van der Waals surface area contributed by atoms with Gasteiger partial charge < -0.3 is 10.5 Å². The van der Waals surface area contributed by atoms with Crippen LogP contribution in [-0.2, 0) is 6.54 Å². The lowest BCUT2D eigenvalue weighted by atomic mass is 10.2. The van der Waals surface area contributed by atoms with Gasteiger partial charge in [0.25, 0.3) is 0 Å². The molecule has 0 amide bonds. The Morgan fingerprint density at radius 1 is 1.22 bits per heavy atom. The van der Waals surface area contributed by atoms with Crippen LogP contribution >= 0.6 is 0 Å². The molecule has 1 heterocycles. The van der Waals surface area contributed by atoms with Crippen molar-refractivity contribution < 1.29 is 4.74 Å². The van der Waals surface area contributed by atoms with Crippen molar-refractivity contribution in [3.8, 4) is 11.6 Å². The maximum absolute atomic E-state index is 5.84. The van der Waals surface area contributed by atoms with Crippen molar-refractivity contribution in [3.05, 3.63) is 59.8 Å². The zero-order chi connectivity index (χ0) is 12.8. The fourth-order valence-corrected chi connectivity index (χ4v) is 1.67. The first-order chi connectivity index (χ1) is 8.85. The van der Waals surface area contributed by atoms with E-state index in [1.54, 1.807) is 6.20 Å². The lowest BCUT2D eigenvalue weighted by Gasteiger charge is -2.10. The lowest BCUT2D eigenvalue weighted by molar-refractivity contribution is 0.455. The van der Waals surface area contributed by atoms with Gasteiger partial charge in [-0.1, -0.05) is 36.4 Å². The number of allylic oxidation sites excluding steroid dienone is 1. The van der Waals surface area contributed by atoms with E-state index in [2.05, 4.69) is 4.98 Å². The molecule has 0 fully saturated rings. The van der Waals surface area contributed by atoms with Crippen LogP contribution < -0.4 is 10.5 Å². The van der Waals surface area contributed by atoms with E-state index in [1.807, 2.05) is 55.5 Å². The molecule has 1 aromatic carbocycles. The summed E-state index contributed by atoms with van der Waals surface area (Å²) in [4.78, 5) is 4.22. The molecule has 0 saturated heterocycles. The molecule has 3 nitrogen and oxygen atoms in total. The predicted octanol–water partition coefficient (Wildman–Crippen LogP) is 3.37. The second kappa shape index (κ2) is 5.98. The Kier molecular flexibility index (Phi) is 4.10. The summed E-state index contributed by atoms with van der Waals surface area (Å²) in [6.45, 7) is 2.39. The number of aromatic nitrogens is 1. The summed E-state index contributed by atoms with van der Waals surface area (Å²) in [6, 6.07) is 11.6. The highest BCUT2D eigenvalue weighted by Gasteiger charge is 2.06. The van der Waals surface area contributed by atoms with E-state index in [4.69, 9.17) is 10.5 Å². The standard InChI is InChI=1S/C15H16N2O/c1-2-6-12-7-3-4-9-14(12)18-15-13(11-16)8-5-10-17-15/h2-10H,11,16H2,1H3. The van der Waals surface area contributed by atoms with Gasteiger partial charge in [-0.05, 0) is 19.1 Å². The van der Waals surface area contributed by atoms with Crippen molar-refractivity contribution in [1.29, 1.82) is 0 Å². The van der Waals surface area contributed by atoms with Gasteiger partial charge in [-0.15, -0.1) is 0 Å². The predicted molar refractivity (Wildman–Crippen MR) is 73.4 cm³/mol. The van der Waals surface area contributed by atoms with Crippen molar-refractivity contribution in [1.82, 2.24) is 4.98 Å². The molecule has 2 aromatic rings. The number of nitrogens with two attached hydrogens (primary N) is 1. The van der Waals surface area contributed by atoms with Crippen molar-refractivity contribution in [3.63, 3.8) is 0 Å². The quantitative estimate of drug-likeness (QED) is 0.891. The van der Waals surface area contributed by atoms with Gasteiger partial charge >= 0.3 is 0 Å². The van der Waals surface area contributed by atoms with E-state index in [0.717, 1.165) is 16.9 Å². The summed E-state index contributed by atoms with van der Waals surface area (Å²) in [5, 5.41) is 0. The summed E-state index contributed by atoms with van der Waals surface area (Å²) in [7, 11) is 0. The number of benzene rings is 1. The van der Waals surface area contributed by atoms with E-state index in [9.17, 15) is 0 Å². The molecule has 0 aliphatic carbocycles. The highest BCUT2D eigenvalue weighted by atomic mass is 16.5. The highest BCUT2D eigenvalue weighted by molar-refractivity contribution is 5.57. The third kappa shape index (κ3) is 2.76. The molecule has 2 rings (SSSR count). The molecule has 0 unspecified atom stereocenters. The molecule has 92 valence electrons. The first-order valence-electron chi connectivity index (χ1n) is 5.88. The second-order valence-corrected chi connectivity index (χ2v) is 3.81. The number of hydrogen-bond donors (Lipinski definition) is 1. The fraction of sp³-hybridized carbons (Fsp3) is 0.133. The monoisotopic (exact) mass is 240 g/mol. The summed E-state index contributed by atoms with van der Waals surface area (Å²) in [6.07, 6.45) is 5.68. The van der Waals surface area contributed by atoms with Gasteiger partial charge in [0.15, 0.2) is 0 Å². The van der Waals surface area contributed by atoms with Crippen LogP contribution in [0, 0.1) is 0 Å². The number of para-hydroxylation sites is 1. The Balaban J connectivity index is 2.34. The minimum Gasteiger partial charge on any atom is -0.438 e. The van der Waals surface area contributed by atoms with Crippen molar-refractivity contribution in [2.45, 2.75) is 13.5 Å². The fourth-order valence-electron chi connectivity index (χ4n) is 1.67. The third-order valence-electron chi connectivity index (χ3n) is 2.54. The van der Waals surface area contributed by atoms with E-state index in [1.165, 1.54) is 0 Å². The topological polar surface area (TPSA) is 48.1 Å². The van der Waals surface area contributed by atoms with Crippen molar-refractivity contribution in [2.24, 2.45) is 5.73 Å². The molecular formula is C15H16N2O. The summed E-state index contributed by atoms with van der Waals surface area (Å²) in [5.41, 5.74) is 7.58. The Morgan fingerprint density at radius 2 is 2.06 bits per heavy atom. The average Bonchev–Trinajstić information content (AvgIpc) is 2.42. The Morgan fingerprint density at radius 3 is 2.83 bits per heavy atom. The molecule has 0 saturated carbocycles. The largest absolute Gasteiger partial charge is 0.438 e. The number of nitrogens with zero attached hydrogens (tertiary/aromatic N) is 1. The van der Waals surface area contributed by atoms with Crippen molar-refractivity contribution in [2.75, 3.05) is 0 Å². The van der Waals surface area contributed by atoms with Crippen LogP contribution in [0.15, 0.2) is 48.7 Å². The van der Waals surface area contributed by atoms with E-state index in [-0.39, 0.29) is 0 Å². The third-order valence-corrected chi connectivity index (χ3v) is 2.54. The smallest absolute Gasteiger partial charge is 0.223 e. The van der Waals surface area contributed by atoms with Crippen LogP contribution in [-0.4, -0.2) is 4.98 Å². The number of rotatable bonds is 4. The van der Waals surface area contributed by atoms with Crippen LogP contribution in [0.4, 0.5) is 0 Å². The molecule has 0 aliphatic rings. The van der Waals surface area contributed by atoms with E-state index >= 15 is 0 Å². The minimum atomic E-state index is 0.412. The van der Waals surface area contributed by atoms with Crippen LogP contribution in [0.5, 0.6) is 11.6 Å². The molecule has 0 radical (unpaired) electrons. The number of ether oxygens (including phenoxy) is 1. The van der Waals surface area contributed by atoms with E-state index < -0.39 is 0 Å². The molecule has 2 N–H and O–H groups in total. The first-order valence-corrected chi connectivity index (χ1v) is 5.88. The minimum absolute atomic E-state index is 0.412. The van der Waals surface area contributed by atoms with Gasteiger partial charge in [0, 0.05) is 23.9 Å². The molecule has 0 aliphatic heterocycles. The van der Waals surface area contributed by atoms with Crippen LogP contribution in [0.25, 0.3) is 6.08 Å². The maximum Gasteiger partial charge on any atom is 0.223 e. The van der Waals surface area contributed by atoms with Crippen LogP contribution in [0.2, 0.25) is 0 Å². The molecule has 1 aromatic heterocycles. The van der Waals surface area contributed by atoms with Gasteiger partial charge in [0.05, 0.1) is 0 Å². The zero-order valence-corrected chi connectivity index (χ0v) is 10.3. The number of hydrogen-bond acceptors (Lipinski definition) is 3. The maximum atomic E-state index is 5.84. The van der Waals surface area contributed by atoms with Gasteiger partial charge in [-0.2, -0.15) is 0 Å². The lowest BCUT2D eigenvalue weighted by Crippen LogP contribution is -2.01. The molecule has 18 heavy (non-hydrogen) atoms. The van der Waals surface area contributed by atoms with Crippen LogP contribution in [0.1, 0.15) is 18.1 Å². The van der Waals surface area contributed by atoms with Gasteiger partial charge in [0.2, 0.25) is 5.88 Å². The van der Waals surface area contributed by atoms with Crippen LogP contribution in [0.3, 0.4) is 0 Å². The molecule has 0 spiro atoms. The second-order valence-electron chi connectivity index (χ2n) is 3.81. The molecule has 3 heteroatoms. The Bertz CT molecular complexity index is 550. The molecule has 0 atom stereocenters. The van der Waals surface area contributed by atoms with Gasteiger partial charge in [0.1, 0.15) is 5.75 Å². The Hall–Kier alpha value is -2.13. The summed E-state index contributed by atoms with van der Waals surface area (Å²) < 4.78 is 5.84. The number of pyridine rings is 1. The highest BCUT2D eigenvalue weighted by Crippen LogP contribution is 2.26. The summed E-state index contributed by atoms with van der Waals surface area (Å²) in [5.74, 6) is 1.35. The van der Waals surface area contributed by atoms with Crippen molar-refractivity contribution >= 4 is 6.08 Å².